The average Bonchev–Trinajstić information content (AvgIpc) is 2.69. The van der Waals surface area contributed by atoms with Gasteiger partial charge in [-0.25, -0.2) is 0 Å². The summed E-state index contributed by atoms with van der Waals surface area (Å²) in [6.07, 6.45) is 2.38. The molecule has 1 aliphatic rings. The molecule has 1 unspecified atom stereocenters. The summed E-state index contributed by atoms with van der Waals surface area (Å²) in [5.41, 5.74) is 2.60. The van der Waals surface area contributed by atoms with Gasteiger partial charge in [0.1, 0.15) is 0 Å². The van der Waals surface area contributed by atoms with Crippen molar-refractivity contribution in [1.82, 2.24) is 10.2 Å². The first kappa shape index (κ1) is 20.6. The zero-order chi connectivity index (χ0) is 20.8. The third kappa shape index (κ3) is 5.68. The Hall–Kier alpha value is -3.12. The van der Waals surface area contributed by atoms with Crippen molar-refractivity contribution in [3.63, 3.8) is 0 Å². The van der Waals surface area contributed by atoms with Gasteiger partial charge in [-0.05, 0) is 49.9 Å². The van der Waals surface area contributed by atoms with E-state index in [2.05, 4.69) is 10.6 Å². The van der Waals surface area contributed by atoms with E-state index in [1.807, 2.05) is 68.4 Å². The summed E-state index contributed by atoms with van der Waals surface area (Å²) >= 11 is 0. The molecule has 152 valence electrons. The van der Waals surface area contributed by atoms with Crippen LogP contribution < -0.4 is 15.4 Å². The van der Waals surface area contributed by atoms with Gasteiger partial charge in [-0.1, -0.05) is 43.3 Å². The zero-order valence-corrected chi connectivity index (χ0v) is 17.1. The van der Waals surface area contributed by atoms with Crippen LogP contribution in [0, 0.1) is 5.92 Å². The Morgan fingerprint density at radius 2 is 1.90 bits per heavy atom. The van der Waals surface area contributed by atoms with Crippen LogP contribution in [0.25, 0.3) is 6.08 Å². The van der Waals surface area contributed by atoms with Gasteiger partial charge in [0.2, 0.25) is 5.91 Å². The van der Waals surface area contributed by atoms with Crippen molar-refractivity contribution in [2.75, 3.05) is 32.5 Å². The predicted molar refractivity (Wildman–Crippen MR) is 115 cm³/mol. The second kappa shape index (κ2) is 9.39. The van der Waals surface area contributed by atoms with E-state index in [0.717, 1.165) is 17.7 Å². The summed E-state index contributed by atoms with van der Waals surface area (Å²) in [5.74, 6) is 0.569. The second-order valence-corrected chi connectivity index (χ2v) is 7.50. The fraction of sp³-hybridized carbons (Fsp3) is 0.304. The number of carbonyl (C=O) groups excluding carboxylic acids is 2. The van der Waals surface area contributed by atoms with Crippen LogP contribution in [0.3, 0.4) is 0 Å². The van der Waals surface area contributed by atoms with Crippen LogP contribution in [0.2, 0.25) is 0 Å². The highest BCUT2D eigenvalue weighted by molar-refractivity contribution is 6.08. The lowest BCUT2D eigenvalue weighted by Gasteiger charge is -2.19. The van der Waals surface area contributed by atoms with E-state index in [-0.39, 0.29) is 23.5 Å². The fourth-order valence-electron chi connectivity index (χ4n) is 3.03. The first-order chi connectivity index (χ1) is 13.9. The van der Waals surface area contributed by atoms with Crippen molar-refractivity contribution in [1.29, 1.82) is 0 Å². The average molecular weight is 393 g/mol. The van der Waals surface area contributed by atoms with Gasteiger partial charge < -0.3 is 20.3 Å². The Morgan fingerprint density at radius 1 is 1.17 bits per heavy atom. The van der Waals surface area contributed by atoms with E-state index in [1.54, 1.807) is 12.1 Å². The van der Waals surface area contributed by atoms with Crippen LogP contribution in [0.4, 0.5) is 5.69 Å². The van der Waals surface area contributed by atoms with E-state index < -0.39 is 0 Å². The molecular formula is C23H27N3O3. The van der Waals surface area contributed by atoms with Crippen molar-refractivity contribution >= 4 is 23.6 Å². The van der Waals surface area contributed by atoms with Gasteiger partial charge in [0.05, 0.1) is 5.69 Å². The topological polar surface area (TPSA) is 70.7 Å². The molecule has 2 N–H and O–H groups in total. The molecule has 0 saturated carbocycles. The molecule has 1 heterocycles. The minimum Gasteiger partial charge on any atom is -0.449 e. The van der Waals surface area contributed by atoms with Crippen LogP contribution >= 0.6 is 0 Å². The van der Waals surface area contributed by atoms with Gasteiger partial charge >= 0.3 is 0 Å². The van der Waals surface area contributed by atoms with Crippen molar-refractivity contribution < 1.29 is 14.3 Å². The molecule has 2 aromatic rings. The first-order valence-corrected chi connectivity index (χ1v) is 9.73. The molecule has 6 heteroatoms. The van der Waals surface area contributed by atoms with Crippen molar-refractivity contribution in [3.05, 3.63) is 65.4 Å². The van der Waals surface area contributed by atoms with Crippen LogP contribution in [-0.4, -0.2) is 43.9 Å². The zero-order valence-electron chi connectivity index (χ0n) is 17.1. The summed E-state index contributed by atoms with van der Waals surface area (Å²) < 4.78 is 5.72. The maximum absolute atomic E-state index is 12.2. The number of likely N-dealkylation sites (N-methyl/N-ethyl adjacent to an activating group) is 1. The number of rotatable bonds is 7. The first-order valence-electron chi connectivity index (χ1n) is 9.73. The Morgan fingerprint density at radius 3 is 2.62 bits per heavy atom. The lowest BCUT2D eigenvalue weighted by Crippen LogP contribution is -2.35. The summed E-state index contributed by atoms with van der Waals surface area (Å²) in [4.78, 5) is 26.5. The van der Waals surface area contributed by atoms with Gasteiger partial charge in [0.25, 0.3) is 5.91 Å². The normalized spacial score (nSPS) is 15.4. The minimum atomic E-state index is -0.268. The van der Waals surface area contributed by atoms with Gasteiger partial charge in [-0.2, -0.15) is 0 Å². The number of anilines is 1. The Kier molecular flexibility index (Phi) is 6.67. The molecule has 0 aliphatic carbocycles. The van der Waals surface area contributed by atoms with Gasteiger partial charge in [0, 0.05) is 19.0 Å². The highest BCUT2D eigenvalue weighted by Crippen LogP contribution is 2.30. The van der Waals surface area contributed by atoms with E-state index in [9.17, 15) is 9.59 Å². The van der Waals surface area contributed by atoms with Crippen molar-refractivity contribution in [2.45, 2.75) is 13.3 Å². The maximum atomic E-state index is 12.2. The Bertz CT molecular complexity index is 904. The molecule has 2 amide bonds. The molecule has 0 aromatic heterocycles. The molecule has 0 bridgehead atoms. The highest BCUT2D eigenvalue weighted by atomic mass is 16.5. The molecule has 3 rings (SSSR count). The standard InChI is InChI=1S/C23H27N3O3/c1-16(22(27)24-12-13-26(2)3)14-17-8-10-18(11-9-17)15-21-23(28)25-19-6-4-5-7-20(19)29-21/h4-11,15-16H,12-14H2,1-3H3,(H,24,27)(H,25,28)/b21-15-. The van der Waals surface area contributed by atoms with E-state index in [4.69, 9.17) is 4.74 Å². The number of benzene rings is 2. The van der Waals surface area contributed by atoms with E-state index in [1.165, 1.54) is 0 Å². The molecule has 1 atom stereocenters. The number of nitrogens with one attached hydrogen (secondary N) is 2. The minimum absolute atomic E-state index is 0.0592. The van der Waals surface area contributed by atoms with Gasteiger partial charge in [-0.3, -0.25) is 9.59 Å². The lowest BCUT2D eigenvalue weighted by molar-refractivity contribution is -0.124. The smallest absolute Gasteiger partial charge is 0.291 e. The predicted octanol–water partition coefficient (Wildman–Crippen LogP) is 2.92. The summed E-state index contributed by atoms with van der Waals surface area (Å²) in [7, 11) is 3.96. The molecule has 0 fully saturated rings. The number of para-hydroxylation sites is 2. The summed E-state index contributed by atoms with van der Waals surface area (Å²) in [6, 6.07) is 15.1. The van der Waals surface area contributed by atoms with Crippen LogP contribution in [0.15, 0.2) is 54.3 Å². The number of ether oxygens (including phenoxy) is 1. The fourth-order valence-corrected chi connectivity index (χ4v) is 3.03. The summed E-state index contributed by atoms with van der Waals surface area (Å²) in [5, 5.41) is 5.79. The quantitative estimate of drug-likeness (QED) is 0.710. The molecule has 0 radical (unpaired) electrons. The monoisotopic (exact) mass is 393 g/mol. The van der Waals surface area contributed by atoms with Crippen molar-refractivity contribution in [3.8, 4) is 5.75 Å². The SMILES string of the molecule is CC(Cc1ccc(/C=C2\Oc3ccccc3NC2=O)cc1)C(=O)NCCN(C)C. The van der Waals surface area contributed by atoms with Crippen molar-refractivity contribution in [2.24, 2.45) is 5.92 Å². The molecule has 6 nitrogen and oxygen atoms in total. The van der Waals surface area contributed by atoms with Crippen LogP contribution in [0.1, 0.15) is 18.1 Å². The van der Waals surface area contributed by atoms with Crippen LogP contribution in [0.5, 0.6) is 5.75 Å². The molecule has 0 spiro atoms. The Balaban J connectivity index is 1.59. The number of nitrogens with zero attached hydrogens (tertiary/aromatic N) is 1. The third-order valence-corrected chi connectivity index (χ3v) is 4.70. The number of hydrogen-bond donors (Lipinski definition) is 2. The number of carbonyl (C=O) groups is 2. The number of hydrogen-bond acceptors (Lipinski definition) is 4. The molecular weight excluding hydrogens is 366 g/mol. The van der Waals surface area contributed by atoms with Crippen LogP contribution in [-0.2, 0) is 16.0 Å². The molecule has 2 aromatic carbocycles. The maximum Gasteiger partial charge on any atom is 0.291 e. The van der Waals surface area contributed by atoms with E-state index in [0.29, 0.717) is 24.4 Å². The molecule has 0 saturated heterocycles. The van der Waals surface area contributed by atoms with Gasteiger partial charge in [0.15, 0.2) is 11.5 Å². The summed E-state index contributed by atoms with van der Waals surface area (Å²) in [6.45, 7) is 3.40. The van der Waals surface area contributed by atoms with Gasteiger partial charge in [-0.15, -0.1) is 0 Å². The highest BCUT2D eigenvalue weighted by Gasteiger charge is 2.21. The third-order valence-electron chi connectivity index (χ3n) is 4.70. The number of fused-ring (bicyclic) bond motifs is 1. The molecule has 1 aliphatic heterocycles. The second-order valence-electron chi connectivity index (χ2n) is 7.50. The molecule has 29 heavy (non-hydrogen) atoms. The lowest BCUT2D eigenvalue weighted by atomic mass is 9.99. The van der Waals surface area contributed by atoms with E-state index >= 15 is 0 Å². The Labute approximate surface area is 171 Å². The number of amides is 2. The largest absolute Gasteiger partial charge is 0.449 e.